The second-order valence-corrected chi connectivity index (χ2v) is 5.61. The Bertz CT molecular complexity index is 929. The molecule has 7 heteroatoms. The molecular weight excluding hydrogens is 295 g/mol. The first-order valence-corrected chi connectivity index (χ1v) is 7.16. The van der Waals surface area contributed by atoms with Crippen LogP contribution in [0.25, 0.3) is 20.3 Å². The van der Waals surface area contributed by atoms with Gasteiger partial charge in [-0.15, -0.1) is 11.3 Å². The van der Waals surface area contributed by atoms with Crippen LogP contribution in [-0.2, 0) is 17.8 Å². The molecule has 3 rings (SSSR count). The molecule has 0 saturated heterocycles. The third kappa shape index (κ3) is 2.09. The van der Waals surface area contributed by atoms with Gasteiger partial charge >= 0.3 is 5.97 Å². The van der Waals surface area contributed by atoms with Crippen LogP contribution < -0.4 is 5.56 Å². The Morgan fingerprint density at radius 1 is 1.48 bits per heavy atom. The van der Waals surface area contributed by atoms with Crippen LogP contribution in [0.3, 0.4) is 0 Å². The number of rotatable bonds is 3. The van der Waals surface area contributed by atoms with Gasteiger partial charge in [0.1, 0.15) is 22.9 Å². The zero-order valence-electron chi connectivity index (χ0n) is 11.1. The number of hydrogen-bond acceptors (Lipinski definition) is 4. The Kier molecular flexibility index (Phi) is 3.21. The van der Waals surface area contributed by atoms with E-state index in [0.717, 1.165) is 15.9 Å². The summed E-state index contributed by atoms with van der Waals surface area (Å²) in [6.45, 7) is 1.33. The molecule has 3 aromatic rings. The summed E-state index contributed by atoms with van der Waals surface area (Å²) in [6, 6.07) is 4.62. The molecule has 0 saturated carbocycles. The van der Waals surface area contributed by atoms with E-state index >= 15 is 0 Å². The number of aromatic nitrogens is 2. The molecule has 1 N–H and O–H groups in total. The highest BCUT2D eigenvalue weighted by Crippen LogP contribution is 2.32. The van der Waals surface area contributed by atoms with Crippen molar-refractivity contribution in [3.8, 4) is 0 Å². The van der Waals surface area contributed by atoms with E-state index in [9.17, 15) is 14.0 Å². The molecule has 0 spiro atoms. The van der Waals surface area contributed by atoms with E-state index < -0.39 is 23.9 Å². The van der Waals surface area contributed by atoms with Crippen molar-refractivity contribution in [2.24, 2.45) is 0 Å². The first-order valence-electron chi connectivity index (χ1n) is 6.35. The summed E-state index contributed by atoms with van der Waals surface area (Å²) in [4.78, 5) is 27.7. The summed E-state index contributed by atoms with van der Waals surface area (Å²) < 4.78 is 16.0. The van der Waals surface area contributed by atoms with E-state index in [0.29, 0.717) is 27.8 Å². The number of aliphatic carboxylic acids is 1. The minimum Gasteiger partial charge on any atom is -0.480 e. The maximum Gasteiger partial charge on any atom is 0.323 e. The molecule has 0 amide bonds. The maximum atomic E-state index is 14.0. The van der Waals surface area contributed by atoms with Gasteiger partial charge < -0.3 is 5.11 Å². The number of thiophene rings is 1. The smallest absolute Gasteiger partial charge is 0.323 e. The molecule has 0 aliphatic heterocycles. The predicted molar refractivity (Wildman–Crippen MR) is 78.4 cm³/mol. The van der Waals surface area contributed by atoms with E-state index in [4.69, 9.17) is 5.11 Å². The van der Waals surface area contributed by atoms with Gasteiger partial charge in [-0.05, 0) is 12.1 Å². The van der Waals surface area contributed by atoms with E-state index in [1.54, 1.807) is 19.1 Å². The van der Waals surface area contributed by atoms with Crippen LogP contribution in [0.4, 0.5) is 4.39 Å². The number of carbonyl (C=O) groups is 1. The number of benzene rings is 1. The van der Waals surface area contributed by atoms with Gasteiger partial charge in [-0.1, -0.05) is 13.0 Å². The minimum absolute atomic E-state index is 0.286. The summed E-state index contributed by atoms with van der Waals surface area (Å²) in [7, 11) is 0. The number of hydrogen-bond donors (Lipinski definition) is 1. The van der Waals surface area contributed by atoms with E-state index in [1.165, 1.54) is 6.07 Å². The van der Waals surface area contributed by atoms with Crippen molar-refractivity contribution in [1.29, 1.82) is 0 Å². The van der Waals surface area contributed by atoms with Crippen molar-refractivity contribution >= 4 is 37.6 Å². The van der Waals surface area contributed by atoms with Gasteiger partial charge in [0.25, 0.3) is 5.56 Å². The number of carboxylic acids is 1. The van der Waals surface area contributed by atoms with Crippen LogP contribution in [0.15, 0.2) is 23.0 Å². The standard InChI is InChI=1S/C14H11FN2O3S/c1-2-9-16-12-11-7(15)4-3-5-8(11)21-13(12)14(20)17(9)6-10(18)19/h3-5H,2,6H2,1H3,(H,18,19). The summed E-state index contributed by atoms with van der Waals surface area (Å²) in [5.41, 5.74) is -0.114. The molecule has 0 aliphatic rings. The first-order chi connectivity index (χ1) is 10.0. The molecule has 0 atom stereocenters. The first kappa shape index (κ1) is 13.7. The second kappa shape index (κ2) is 4.92. The molecule has 0 radical (unpaired) electrons. The second-order valence-electron chi connectivity index (χ2n) is 4.56. The lowest BCUT2D eigenvalue weighted by atomic mass is 10.2. The van der Waals surface area contributed by atoms with E-state index in [1.807, 2.05) is 0 Å². The molecule has 108 valence electrons. The minimum atomic E-state index is -1.11. The van der Waals surface area contributed by atoms with Gasteiger partial charge in [0.2, 0.25) is 0 Å². The van der Waals surface area contributed by atoms with Gasteiger partial charge in [-0.25, -0.2) is 9.37 Å². The summed E-state index contributed by atoms with van der Waals surface area (Å²) in [6.07, 6.45) is 0.393. The Labute approximate surface area is 122 Å². The third-order valence-corrected chi connectivity index (χ3v) is 4.37. The number of aryl methyl sites for hydroxylation is 1. The average molecular weight is 306 g/mol. The highest BCUT2D eigenvalue weighted by atomic mass is 32.1. The van der Waals surface area contributed by atoms with Crippen molar-refractivity contribution in [3.63, 3.8) is 0 Å². The van der Waals surface area contributed by atoms with Crippen LogP contribution in [0.2, 0.25) is 0 Å². The Morgan fingerprint density at radius 2 is 2.24 bits per heavy atom. The van der Waals surface area contributed by atoms with Crippen molar-refractivity contribution in [1.82, 2.24) is 9.55 Å². The van der Waals surface area contributed by atoms with Crippen molar-refractivity contribution in [3.05, 3.63) is 40.2 Å². The van der Waals surface area contributed by atoms with E-state index in [2.05, 4.69) is 4.98 Å². The fourth-order valence-corrected chi connectivity index (χ4v) is 3.44. The molecule has 0 aliphatic carbocycles. The van der Waals surface area contributed by atoms with Gasteiger partial charge in [0, 0.05) is 11.1 Å². The maximum absolute atomic E-state index is 14.0. The van der Waals surface area contributed by atoms with Gasteiger partial charge in [-0.2, -0.15) is 0 Å². The van der Waals surface area contributed by atoms with Crippen LogP contribution in [0, 0.1) is 5.82 Å². The Morgan fingerprint density at radius 3 is 2.90 bits per heavy atom. The largest absolute Gasteiger partial charge is 0.480 e. The Balaban J connectivity index is 2.46. The highest BCUT2D eigenvalue weighted by molar-refractivity contribution is 7.25. The van der Waals surface area contributed by atoms with Crippen molar-refractivity contribution in [2.75, 3.05) is 0 Å². The molecule has 2 heterocycles. The normalized spacial score (nSPS) is 11.3. The lowest BCUT2D eigenvalue weighted by Gasteiger charge is -2.08. The van der Waals surface area contributed by atoms with Crippen LogP contribution in [0.5, 0.6) is 0 Å². The highest BCUT2D eigenvalue weighted by Gasteiger charge is 2.18. The summed E-state index contributed by atoms with van der Waals surface area (Å²) in [5.74, 6) is -1.19. The SMILES string of the molecule is CCc1nc2c(sc3cccc(F)c32)c(=O)n1CC(=O)O. The lowest BCUT2D eigenvalue weighted by molar-refractivity contribution is -0.137. The number of nitrogens with zero attached hydrogens (tertiary/aromatic N) is 2. The van der Waals surface area contributed by atoms with Crippen molar-refractivity contribution < 1.29 is 14.3 Å². The fourth-order valence-electron chi connectivity index (χ4n) is 2.34. The molecule has 0 fully saturated rings. The van der Waals surface area contributed by atoms with Gasteiger partial charge in [-0.3, -0.25) is 14.2 Å². The zero-order valence-corrected chi connectivity index (χ0v) is 11.9. The molecule has 1 aromatic carbocycles. The molecule has 0 unspecified atom stereocenters. The lowest BCUT2D eigenvalue weighted by Crippen LogP contribution is -2.27. The number of halogens is 1. The van der Waals surface area contributed by atoms with Crippen LogP contribution in [0.1, 0.15) is 12.7 Å². The fraction of sp³-hybridized carbons (Fsp3) is 0.214. The summed E-state index contributed by atoms with van der Waals surface area (Å²) in [5, 5.41) is 9.25. The Hall–Kier alpha value is -2.28. The monoisotopic (exact) mass is 306 g/mol. The molecule has 2 aromatic heterocycles. The molecule has 21 heavy (non-hydrogen) atoms. The van der Waals surface area contributed by atoms with E-state index in [-0.39, 0.29) is 4.70 Å². The topological polar surface area (TPSA) is 72.2 Å². The molecule has 5 nitrogen and oxygen atoms in total. The van der Waals surface area contributed by atoms with Crippen LogP contribution in [-0.4, -0.2) is 20.6 Å². The molecular formula is C14H11FN2O3S. The number of carboxylic acid groups (broad SMARTS) is 1. The quantitative estimate of drug-likeness (QED) is 0.806. The summed E-state index contributed by atoms with van der Waals surface area (Å²) >= 11 is 1.13. The predicted octanol–water partition coefficient (Wildman–Crippen LogP) is 2.40. The zero-order chi connectivity index (χ0) is 15.1. The average Bonchev–Trinajstić information content (AvgIpc) is 2.81. The van der Waals surface area contributed by atoms with Gasteiger partial charge in [0.15, 0.2) is 0 Å². The molecule has 0 bridgehead atoms. The number of fused-ring (bicyclic) bond motifs is 3. The van der Waals surface area contributed by atoms with Crippen molar-refractivity contribution in [2.45, 2.75) is 19.9 Å². The van der Waals surface area contributed by atoms with Crippen LogP contribution >= 0.6 is 11.3 Å². The third-order valence-electron chi connectivity index (χ3n) is 3.24. The van der Waals surface area contributed by atoms with Gasteiger partial charge in [0.05, 0.1) is 10.9 Å².